The largest absolute Gasteiger partial charge is 0.265 e. The number of aliphatic imine (C=N–C) groups is 1. The van der Waals surface area contributed by atoms with E-state index in [-0.39, 0.29) is 0 Å². The molecule has 28 heavy (non-hydrogen) atoms. The molecule has 0 aliphatic rings. The molecule has 0 atom stereocenters. The van der Waals surface area contributed by atoms with Gasteiger partial charge in [-0.2, -0.15) is 5.10 Å². The van der Waals surface area contributed by atoms with Gasteiger partial charge < -0.3 is 0 Å². The van der Waals surface area contributed by atoms with E-state index >= 15 is 0 Å². The minimum absolute atomic E-state index is 0.557. The molecule has 4 aromatic rings. The first kappa shape index (κ1) is 18.1. The third-order valence-corrected chi connectivity index (χ3v) is 4.85. The van der Waals surface area contributed by atoms with Crippen molar-refractivity contribution in [3.63, 3.8) is 0 Å². The maximum absolute atomic E-state index is 6.55. The van der Waals surface area contributed by atoms with Gasteiger partial charge >= 0.3 is 0 Å². The Hall–Kier alpha value is -3.24. The highest BCUT2D eigenvalue weighted by Gasteiger charge is 2.12. The minimum atomic E-state index is 0.557. The zero-order valence-corrected chi connectivity index (χ0v) is 16.2. The minimum Gasteiger partial charge on any atom is -0.265 e. The van der Waals surface area contributed by atoms with Crippen molar-refractivity contribution in [2.75, 3.05) is 0 Å². The van der Waals surface area contributed by atoms with E-state index < -0.39 is 0 Å². The van der Waals surface area contributed by atoms with Crippen LogP contribution in [-0.4, -0.2) is 21.0 Å². The van der Waals surface area contributed by atoms with Gasteiger partial charge in [-0.25, -0.2) is 4.68 Å². The molecule has 5 heteroatoms. The standard InChI is InChI=1S/C23H19ClN4/c1-17-22(23(24)28(27-17)21-5-3-2-4-6-21)16-26-20-9-7-18(8-10-20)15-19-11-13-25-14-12-19/h2-14,16H,15H2,1H3. The van der Waals surface area contributed by atoms with Crippen LogP contribution in [0, 0.1) is 6.92 Å². The predicted octanol–water partition coefficient (Wildman–Crippen LogP) is 5.57. The van der Waals surface area contributed by atoms with Gasteiger partial charge in [0, 0.05) is 18.6 Å². The molecule has 0 saturated heterocycles. The summed E-state index contributed by atoms with van der Waals surface area (Å²) in [4.78, 5) is 8.63. The maximum Gasteiger partial charge on any atom is 0.141 e. The average molecular weight is 387 g/mol. The highest BCUT2D eigenvalue weighted by Crippen LogP contribution is 2.23. The van der Waals surface area contributed by atoms with Crippen molar-refractivity contribution in [2.24, 2.45) is 4.99 Å². The second kappa shape index (κ2) is 8.19. The topological polar surface area (TPSA) is 43.1 Å². The fraction of sp³-hybridized carbons (Fsp3) is 0.0870. The summed E-state index contributed by atoms with van der Waals surface area (Å²) < 4.78 is 1.73. The zero-order valence-electron chi connectivity index (χ0n) is 15.5. The number of halogens is 1. The van der Waals surface area contributed by atoms with E-state index in [2.05, 4.69) is 27.2 Å². The van der Waals surface area contributed by atoms with Crippen LogP contribution in [0.4, 0.5) is 5.69 Å². The van der Waals surface area contributed by atoms with Crippen molar-refractivity contribution in [1.29, 1.82) is 0 Å². The molecule has 0 aliphatic carbocycles. The zero-order chi connectivity index (χ0) is 19.3. The Morgan fingerprint density at radius 3 is 2.32 bits per heavy atom. The lowest BCUT2D eigenvalue weighted by atomic mass is 10.1. The number of aryl methyl sites for hydroxylation is 1. The van der Waals surface area contributed by atoms with Crippen LogP contribution in [0.3, 0.4) is 0 Å². The number of para-hydroxylation sites is 1. The van der Waals surface area contributed by atoms with Crippen LogP contribution < -0.4 is 0 Å². The van der Waals surface area contributed by atoms with E-state index in [1.807, 2.05) is 73.9 Å². The van der Waals surface area contributed by atoms with Crippen molar-refractivity contribution < 1.29 is 0 Å². The van der Waals surface area contributed by atoms with Crippen molar-refractivity contribution in [3.8, 4) is 5.69 Å². The molecular weight excluding hydrogens is 368 g/mol. The van der Waals surface area contributed by atoms with Gasteiger partial charge in [0.1, 0.15) is 5.15 Å². The Morgan fingerprint density at radius 1 is 0.929 bits per heavy atom. The fourth-order valence-electron chi connectivity index (χ4n) is 2.97. The summed E-state index contributed by atoms with van der Waals surface area (Å²) in [5, 5.41) is 5.10. The summed E-state index contributed by atoms with van der Waals surface area (Å²) in [5.41, 5.74) is 5.94. The van der Waals surface area contributed by atoms with Crippen molar-refractivity contribution >= 4 is 23.5 Å². The molecule has 2 aromatic carbocycles. The van der Waals surface area contributed by atoms with Crippen LogP contribution in [0.15, 0.2) is 84.1 Å². The van der Waals surface area contributed by atoms with Crippen LogP contribution in [0.1, 0.15) is 22.4 Å². The number of rotatable bonds is 5. The lowest BCUT2D eigenvalue weighted by molar-refractivity contribution is 0.863. The first-order valence-corrected chi connectivity index (χ1v) is 9.41. The molecule has 138 valence electrons. The molecule has 0 fully saturated rings. The Labute approximate surface area is 169 Å². The Morgan fingerprint density at radius 2 is 1.61 bits per heavy atom. The summed E-state index contributed by atoms with van der Waals surface area (Å²) in [7, 11) is 0. The Kier molecular flexibility index (Phi) is 5.31. The second-order valence-corrected chi connectivity index (χ2v) is 6.85. The highest BCUT2D eigenvalue weighted by molar-refractivity contribution is 6.32. The van der Waals surface area contributed by atoms with Gasteiger partial charge in [0.15, 0.2) is 0 Å². The van der Waals surface area contributed by atoms with Crippen LogP contribution >= 0.6 is 11.6 Å². The third-order valence-electron chi connectivity index (χ3n) is 4.49. The second-order valence-electron chi connectivity index (χ2n) is 6.49. The summed E-state index contributed by atoms with van der Waals surface area (Å²) in [6.07, 6.45) is 6.29. The molecule has 0 saturated carbocycles. The fourth-order valence-corrected chi connectivity index (χ4v) is 3.29. The van der Waals surface area contributed by atoms with Crippen molar-refractivity contribution in [3.05, 3.63) is 107 Å². The molecule has 4 rings (SSSR count). The van der Waals surface area contributed by atoms with E-state index in [1.165, 1.54) is 11.1 Å². The number of aromatic nitrogens is 3. The van der Waals surface area contributed by atoms with E-state index in [1.54, 1.807) is 10.9 Å². The van der Waals surface area contributed by atoms with Gasteiger partial charge in [0.25, 0.3) is 0 Å². The molecule has 0 spiro atoms. The smallest absolute Gasteiger partial charge is 0.141 e. The lowest BCUT2D eigenvalue weighted by Gasteiger charge is -2.02. The Balaban J connectivity index is 1.52. The monoisotopic (exact) mass is 386 g/mol. The predicted molar refractivity (Wildman–Crippen MR) is 114 cm³/mol. The number of hydrogen-bond donors (Lipinski definition) is 0. The average Bonchev–Trinajstić information content (AvgIpc) is 3.02. The van der Waals surface area contributed by atoms with Gasteiger partial charge in [-0.15, -0.1) is 0 Å². The quantitative estimate of drug-likeness (QED) is 0.421. The number of hydrogen-bond acceptors (Lipinski definition) is 3. The van der Waals surface area contributed by atoms with E-state index in [0.29, 0.717) is 5.15 Å². The first-order chi connectivity index (χ1) is 13.7. The van der Waals surface area contributed by atoms with Gasteiger partial charge in [-0.1, -0.05) is 41.9 Å². The summed E-state index contributed by atoms with van der Waals surface area (Å²) >= 11 is 6.55. The molecule has 4 nitrogen and oxygen atoms in total. The number of nitrogens with zero attached hydrogens (tertiary/aromatic N) is 4. The summed E-state index contributed by atoms with van der Waals surface area (Å²) in [6, 6.07) is 22.1. The Bertz CT molecular complexity index is 1080. The van der Waals surface area contributed by atoms with Gasteiger partial charge in [-0.3, -0.25) is 9.98 Å². The third kappa shape index (κ3) is 4.02. The molecular formula is C23H19ClN4. The van der Waals surface area contributed by atoms with E-state index in [4.69, 9.17) is 11.6 Å². The summed E-state index contributed by atoms with van der Waals surface area (Å²) in [6.45, 7) is 1.94. The molecule has 0 amide bonds. The first-order valence-electron chi connectivity index (χ1n) is 9.03. The van der Waals surface area contributed by atoms with Crippen molar-refractivity contribution in [1.82, 2.24) is 14.8 Å². The molecule has 0 bridgehead atoms. The van der Waals surface area contributed by atoms with Gasteiger partial charge in [0.05, 0.1) is 22.6 Å². The number of pyridine rings is 1. The van der Waals surface area contributed by atoms with Gasteiger partial charge in [-0.05, 0) is 60.9 Å². The molecule has 0 radical (unpaired) electrons. The maximum atomic E-state index is 6.55. The number of benzene rings is 2. The lowest BCUT2D eigenvalue weighted by Crippen LogP contribution is -1.96. The van der Waals surface area contributed by atoms with E-state index in [9.17, 15) is 0 Å². The molecule has 2 aromatic heterocycles. The molecule has 2 heterocycles. The van der Waals surface area contributed by atoms with Gasteiger partial charge in [0.2, 0.25) is 0 Å². The molecule has 0 unspecified atom stereocenters. The highest BCUT2D eigenvalue weighted by atomic mass is 35.5. The van der Waals surface area contributed by atoms with Crippen LogP contribution in [0.2, 0.25) is 5.15 Å². The molecule has 0 N–H and O–H groups in total. The van der Waals surface area contributed by atoms with Crippen LogP contribution in [0.5, 0.6) is 0 Å². The molecule has 0 aliphatic heterocycles. The van der Waals surface area contributed by atoms with Crippen LogP contribution in [0.25, 0.3) is 5.69 Å². The van der Waals surface area contributed by atoms with E-state index in [0.717, 1.165) is 29.1 Å². The van der Waals surface area contributed by atoms with Crippen molar-refractivity contribution in [2.45, 2.75) is 13.3 Å². The summed E-state index contributed by atoms with van der Waals surface area (Å²) in [5.74, 6) is 0. The SMILES string of the molecule is Cc1nn(-c2ccccc2)c(Cl)c1C=Nc1ccc(Cc2ccncc2)cc1. The van der Waals surface area contributed by atoms with Crippen LogP contribution in [-0.2, 0) is 6.42 Å². The normalized spacial score (nSPS) is 11.2.